The molecule has 25 heavy (non-hydrogen) atoms. The van der Waals surface area contributed by atoms with Crippen molar-refractivity contribution in [3.63, 3.8) is 0 Å². The summed E-state index contributed by atoms with van der Waals surface area (Å²) in [5, 5.41) is 9.38. The molecule has 0 radical (unpaired) electrons. The second-order valence-corrected chi connectivity index (χ2v) is 8.13. The fraction of sp³-hybridized carbons (Fsp3) is 0.600. The predicted molar refractivity (Wildman–Crippen MR) is 99.6 cm³/mol. The van der Waals surface area contributed by atoms with Crippen molar-refractivity contribution in [2.45, 2.75) is 52.0 Å². The van der Waals surface area contributed by atoms with Gasteiger partial charge in [-0.05, 0) is 82.3 Å². The molecule has 1 heterocycles. The van der Waals surface area contributed by atoms with Crippen LogP contribution in [0.25, 0.3) is 0 Å². The van der Waals surface area contributed by atoms with Crippen LogP contribution in [0.4, 0.5) is 5.69 Å². The molecule has 1 saturated heterocycles. The lowest BCUT2D eigenvalue weighted by molar-refractivity contribution is -0.118. The van der Waals surface area contributed by atoms with E-state index in [1.165, 1.54) is 0 Å². The highest BCUT2D eigenvalue weighted by atomic mass is 16.2. The average molecular weight is 343 g/mol. The second-order valence-electron chi connectivity index (χ2n) is 8.13. The SMILES string of the molecule is CCC(C)(C)NC(=O)c1ccc(NC(=O)C2CC23CCNCC3)cc1. The van der Waals surface area contributed by atoms with E-state index in [0.29, 0.717) is 5.56 Å². The lowest BCUT2D eigenvalue weighted by atomic mass is 9.92. The van der Waals surface area contributed by atoms with Gasteiger partial charge in [0.2, 0.25) is 5.91 Å². The molecule has 1 spiro atoms. The van der Waals surface area contributed by atoms with Gasteiger partial charge in [-0.15, -0.1) is 0 Å². The number of hydrogen-bond donors (Lipinski definition) is 3. The molecule has 2 aliphatic rings. The van der Waals surface area contributed by atoms with Crippen molar-refractivity contribution in [1.29, 1.82) is 0 Å². The summed E-state index contributed by atoms with van der Waals surface area (Å²) >= 11 is 0. The third-order valence-corrected chi connectivity index (χ3v) is 5.86. The van der Waals surface area contributed by atoms with E-state index in [4.69, 9.17) is 0 Å². The Morgan fingerprint density at radius 1 is 1.20 bits per heavy atom. The van der Waals surface area contributed by atoms with Gasteiger partial charge in [0.1, 0.15) is 0 Å². The third-order valence-electron chi connectivity index (χ3n) is 5.86. The van der Waals surface area contributed by atoms with Crippen molar-refractivity contribution in [3.8, 4) is 0 Å². The number of nitrogens with one attached hydrogen (secondary N) is 3. The topological polar surface area (TPSA) is 70.2 Å². The highest BCUT2D eigenvalue weighted by Crippen LogP contribution is 2.58. The molecule has 1 atom stereocenters. The van der Waals surface area contributed by atoms with Gasteiger partial charge in [0.25, 0.3) is 5.91 Å². The number of benzene rings is 1. The van der Waals surface area contributed by atoms with Crippen molar-refractivity contribution in [3.05, 3.63) is 29.8 Å². The second kappa shape index (κ2) is 6.79. The fourth-order valence-corrected chi connectivity index (χ4v) is 3.60. The van der Waals surface area contributed by atoms with E-state index in [1.54, 1.807) is 12.1 Å². The van der Waals surface area contributed by atoms with E-state index in [2.05, 4.69) is 16.0 Å². The first kappa shape index (κ1) is 17.9. The maximum Gasteiger partial charge on any atom is 0.251 e. The number of anilines is 1. The Hall–Kier alpha value is -1.88. The number of amides is 2. The number of rotatable bonds is 5. The van der Waals surface area contributed by atoms with Crippen LogP contribution >= 0.6 is 0 Å². The summed E-state index contributed by atoms with van der Waals surface area (Å²) in [4.78, 5) is 24.8. The van der Waals surface area contributed by atoms with Crippen molar-refractivity contribution < 1.29 is 9.59 Å². The van der Waals surface area contributed by atoms with Crippen LogP contribution in [0.2, 0.25) is 0 Å². The van der Waals surface area contributed by atoms with Crippen LogP contribution < -0.4 is 16.0 Å². The molecule has 2 fully saturated rings. The third kappa shape index (κ3) is 4.03. The summed E-state index contributed by atoms with van der Waals surface area (Å²) < 4.78 is 0. The Labute approximate surface area is 150 Å². The number of hydrogen-bond acceptors (Lipinski definition) is 3. The van der Waals surface area contributed by atoms with Crippen LogP contribution in [-0.2, 0) is 4.79 Å². The van der Waals surface area contributed by atoms with E-state index in [0.717, 1.165) is 44.5 Å². The summed E-state index contributed by atoms with van der Waals surface area (Å²) in [6.07, 6.45) is 4.06. The molecule has 1 aliphatic carbocycles. The maximum atomic E-state index is 12.5. The molecule has 0 bridgehead atoms. The molecule has 136 valence electrons. The fourth-order valence-electron chi connectivity index (χ4n) is 3.60. The molecule has 2 amide bonds. The molecular formula is C20H29N3O2. The van der Waals surface area contributed by atoms with Crippen LogP contribution in [-0.4, -0.2) is 30.4 Å². The molecule has 1 aromatic carbocycles. The van der Waals surface area contributed by atoms with E-state index < -0.39 is 0 Å². The largest absolute Gasteiger partial charge is 0.347 e. The quantitative estimate of drug-likeness (QED) is 0.770. The van der Waals surface area contributed by atoms with E-state index in [-0.39, 0.29) is 28.7 Å². The van der Waals surface area contributed by atoms with Crippen molar-refractivity contribution >= 4 is 17.5 Å². The van der Waals surface area contributed by atoms with Crippen LogP contribution in [0.3, 0.4) is 0 Å². The van der Waals surface area contributed by atoms with E-state index in [9.17, 15) is 9.59 Å². The number of piperidine rings is 1. The number of carbonyl (C=O) groups excluding carboxylic acids is 2. The molecule has 0 aromatic heterocycles. The van der Waals surface area contributed by atoms with Crippen LogP contribution in [0.1, 0.15) is 56.8 Å². The first-order valence-electron chi connectivity index (χ1n) is 9.29. The van der Waals surface area contributed by atoms with Crippen LogP contribution in [0, 0.1) is 11.3 Å². The zero-order chi connectivity index (χ0) is 18.1. The Bertz CT molecular complexity index is 645. The lowest BCUT2D eigenvalue weighted by Crippen LogP contribution is -2.42. The van der Waals surface area contributed by atoms with Gasteiger partial charge in [0.15, 0.2) is 0 Å². The summed E-state index contributed by atoms with van der Waals surface area (Å²) in [6.45, 7) is 8.09. The average Bonchev–Trinajstić information content (AvgIpc) is 3.29. The predicted octanol–water partition coefficient (Wildman–Crippen LogP) is 2.93. The zero-order valence-electron chi connectivity index (χ0n) is 15.4. The molecule has 1 aliphatic heterocycles. The van der Waals surface area contributed by atoms with Gasteiger partial charge in [0.05, 0.1) is 0 Å². The summed E-state index contributed by atoms with van der Waals surface area (Å²) in [6, 6.07) is 7.15. The molecule has 1 saturated carbocycles. The summed E-state index contributed by atoms with van der Waals surface area (Å²) in [5.41, 5.74) is 1.38. The highest BCUT2D eigenvalue weighted by Gasteiger charge is 2.57. The zero-order valence-corrected chi connectivity index (χ0v) is 15.4. The van der Waals surface area contributed by atoms with Gasteiger partial charge in [-0.1, -0.05) is 6.92 Å². The Morgan fingerprint density at radius 3 is 2.44 bits per heavy atom. The van der Waals surface area contributed by atoms with Crippen LogP contribution in [0.15, 0.2) is 24.3 Å². The highest BCUT2D eigenvalue weighted by molar-refractivity contribution is 5.97. The standard InChI is InChI=1S/C20H29N3O2/c1-4-19(2,3)23-17(24)14-5-7-15(8-6-14)22-18(25)16-13-20(16)9-11-21-12-10-20/h5-8,16,21H,4,9-13H2,1-3H3,(H,22,25)(H,23,24). The molecule has 3 N–H and O–H groups in total. The van der Waals surface area contributed by atoms with Crippen molar-refractivity contribution in [2.24, 2.45) is 11.3 Å². The Balaban J connectivity index is 1.56. The normalized spacial score (nSPS) is 21.6. The minimum atomic E-state index is -0.223. The van der Waals surface area contributed by atoms with Gasteiger partial charge < -0.3 is 16.0 Å². The van der Waals surface area contributed by atoms with E-state index >= 15 is 0 Å². The van der Waals surface area contributed by atoms with Gasteiger partial charge in [-0.2, -0.15) is 0 Å². The van der Waals surface area contributed by atoms with Crippen molar-refractivity contribution in [2.75, 3.05) is 18.4 Å². The van der Waals surface area contributed by atoms with Crippen molar-refractivity contribution in [1.82, 2.24) is 10.6 Å². The molecule has 3 rings (SSSR count). The first-order chi connectivity index (χ1) is 11.9. The van der Waals surface area contributed by atoms with Gasteiger partial charge in [0, 0.05) is 22.7 Å². The Morgan fingerprint density at radius 2 is 1.84 bits per heavy atom. The van der Waals surface area contributed by atoms with Gasteiger partial charge in [-0.25, -0.2) is 0 Å². The smallest absolute Gasteiger partial charge is 0.251 e. The number of carbonyl (C=O) groups is 2. The summed E-state index contributed by atoms with van der Waals surface area (Å²) in [5.74, 6) is 0.176. The lowest BCUT2D eigenvalue weighted by Gasteiger charge is -2.24. The molecule has 5 nitrogen and oxygen atoms in total. The molecule has 1 aromatic rings. The van der Waals surface area contributed by atoms with Crippen LogP contribution in [0.5, 0.6) is 0 Å². The van der Waals surface area contributed by atoms with Gasteiger partial charge >= 0.3 is 0 Å². The minimum Gasteiger partial charge on any atom is -0.347 e. The molecule has 1 unspecified atom stereocenters. The Kier molecular flexibility index (Phi) is 4.87. The maximum absolute atomic E-state index is 12.5. The van der Waals surface area contributed by atoms with E-state index in [1.807, 2.05) is 32.9 Å². The minimum absolute atomic E-state index is 0.0828. The monoisotopic (exact) mass is 343 g/mol. The molecule has 5 heteroatoms. The molecular weight excluding hydrogens is 314 g/mol. The summed E-state index contributed by atoms with van der Waals surface area (Å²) in [7, 11) is 0. The first-order valence-corrected chi connectivity index (χ1v) is 9.29. The van der Waals surface area contributed by atoms with Gasteiger partial charge in [-0.3, -0.25) is 9.59 Å².